The van der Waals surface area contributed by atoms with Crippen molar-refractivity contribution in [2.75, 3.05) is 39.9 Å². The van der Waals surface area contributed by atoms with Gasteiger partial charge in [-0.2, -0.15) is 13.2 Å². The lowest BCUT2D eigenvalue weighted by molar-refractivity contribution is -0.138. The average molecular weight is 414 g/mol. The second-order valence-corrected chi connectivity index (χ2v) is 5.91. The first-order valence-corrected chi connectivity index (χ1v) is 8.47. The van der Waals surface area contributed by atoms with Crippen LogP contribution in [0, 0.1) is 0 Å². The van der Waals surface area contributed by atoms with Crippen molar-refractivity contribution in [1.82, 2.24) is 4.98 Å². The number of nitrogens with zero attached hydrogens (tertiary/aromatic N) is 1. The highest BCUT2D eigenvalue weighted by molar-refractivity contribution is 5.96. The van der Waals surface area contributed by atoms with Crippen molar-refractivity contribution >= 4 is 11.7 Å². The first-order valence-electron chi connectivity index (χ1n) is 8.47. The maximum Gasteiger partial charge on any atom is 0.421 e. The molecule has 0 aliphatic rings. The molecule has 0 aliphatic carbocycles. The summed E-state index contributed by atoms with van der Waals surface area (Å²) >= 11 is 0. The molecule has 158 valence electrons. The zero-order chi connectivity index (χ0) is 21.4. The van der Waals surface area contributed by atoms with E-state index in [4.69, 9.17) is 18.9 Å². The van der Waals surface area contributed by atoms with Crippen LogP contribution in [0.2, 0.25) is 0 Å². The van der Waals surface area contributed by atoms with Crippen LogP contribution < -0.4 is 10.1 Å². The number of hydrogen-bond acceptors (Lipinski definition) is 7. The van der Waals surface area contributed by atoms with Gasteiger partial charge in [0.25, 0.3) is 0 Å². The second-order valence-electron chi connectivity index (χ2n) is 5.91. The SMILES string of the molecule is COCC(COC)Nc1ccc(Oc2ncccc2C(F)(F)F)cc1C(=O)OC. The minimum Gasteiger partial charge on any atom is -0.465 e. The minimum absolute atomic E-state index is 0.00446. The predicted molar refractivity (Wildman–Crippen MR) is 98.3 cm³/mol. The number of hydrogen-bond donors (Lipinski definition) is 1. The third-order valence-electron chi connectivity index (χ3n) is 3.78. The van der Waals surface area contributed by atoms with Gasteiger partial charge in [-0.25, -0.2) is 9.78 Å². The standard InChI is InChI=1S/C19H21F3N2O5/c1-26-10-12(11-27-2)24-16-7-6-13(9-14(16)18(25)28-3)29-17-15(19(20,21)22)5-4-8-23-17/h4-9,12,24H,10-11H2,1-3H3. The molecule has 1 aromatic heterocycles. The van der Waals surface area contributed by atoms with Gasteiger partial charge < -0.3 is 24.3 Å². The fourth-order valence-corrected chi connectivity index (χ4v) is 2.54. The normalized spacial score (nSPS) is 11.4. The van der Waals surface area contributed by atoms with E-state index in [1.807, 2.05) is 0 Å². The van der Waals surface area contributed by atoms with Crippen LogP contribution in [-0.4, -0.2) is 51.5 Å². The summed E-state index contributed by atoms with van der Waals surface area (Å²) in [6, 6.07) is 5.94. The lowest BCUT2D eigenvalue weighted by Crippen LogP contribution is -2.30. The molecule has 0 unspecified atom stereocenters. The molecule has 0 bridgehead atoms. The van der Waals surface area contributed by atoms with Gasteiger partial charge in [0.05, 0.1) is 31.9 Å². The molecule has 1 heterocycles. The van der Waals surface area contributed by atoms with Crippen molar-refractivity contribution < 1.29 is 36.9 Å². The number of benzene rings is 1. The predicted octanol–water partition coefficient (Wildman–Crippen LogP) is 3.75. The largest absolute Gasteiger partial charge is 0.465 e. The van der Waals surface area contributed by atoms with E-state index in [1.165, 1.54) is 45.7 Å². The van der Waals surface area contributed by atoms with Gasteiger partial charge in [-0.1, -0.05) is 0 Å². The third-order valence-corrected chi connectivity index (χ3v) is 3.78. The monoisotopic (exact) mass is 414 g/mol. The topological polar surface area (TPSA) is 78.9 Å². The van der Waals surface area contributed by atoms with Crippen molar-refractivity contribution in [1.29, 1.82) is 0 Å². The van der Waals surface area contributed by atoms with E-state index in [0.29, 0.717) is 18.9 Å². The van der Waals surface area contributed by atoms with Gasteiger partial charge in [-0.15, -0.1) is 0 Å². The number of methoxy groups -OCH3 is 3. The molecule has 2 rings (SSSR count). The van der Waals surface area contributed by atoms with Gasteiger partial charge in [0.1, 0.15) is 11.3 Å². The van der Waals surface area contributed by atoms with Gasteiger partial charge >= 0.3 is 12.1 Å². The van der Waals surface area contributed by atoms with Gasteiger partial charge in [0.15, 0.2) is 0 Å². The number of pyridine rings is 1. The quantitative estimate of drug-likeness (QED) is 0.626. The van der Waals surface area contributed by atoms with Crippen LogP contribution in [0.15, 0.2) is 36.5 Å². The molecule has 0 radical (unpaired) electrons. The number of esters is 1. The molecule has 10 heteroatoms. The molecule has 0 amide bonds. The maximum absolute atomic E-state index is 13.1. The lowest BCUT2D eigenvalue weighted by atomic mass is 10.1. The Labute approximate surface area is 165 Å². The Kier molecular flexibility index (Phi) is 7.80. The Morgan fingerprint density at radius 3 is 2.41 bits per heavy atom. The molecule has 0 fully saturated rings. The Balaban J connectivity index is 2.36. The number of ether oxygens (including phenoxy) is 4. The van der Waals surface area contributed by atoms with Gasteiger partial charge in [-0.3, -0.25) is 0 Å². The average Bonchev–Trinajstić information content (AvgIpc) is 2.68. The van der Waals surface area contributed by atoms with Gasteiger partial charge in [0.2, 0.25) is 5.88 Å². The van der Waals surface area contributed by atoms with E-state index in [9.17, 15) is 18.0 Å². The summed E-state index contributed by atoms with van der Waals surface area (Å²) in [4.78, 5) is 15.8. The Morgan fingerprint density at radius 2 is 1.83 bits per heavy atom. The van der Waals surface area contributed by atoms with Crippen LogP contribution in [0.25, 0.3) is 0 Å². The van der Waals surface area contributed by atoms with Gasteiger partial charge in [0, 0.05) is 26.1 Å². The molecular weight excluding hydrogens is 393 g/mol. The molecule has 0 atom stereocenters. The van der Waals surface area contributed by atoms with E-state index in [1.54, 1.807) is 0 Å². The van der Waals surface area contributed by atoms with Crippen molar-refractivity contribution in [2.45, 2.75) is 12.2 Å². The van der Waals surface area contributed by atoms with E-state index < -0.39 is 23.6 Å². The summed E-state index contributed by atoms with van der Waals surface area (Å²) in [7, 11) is 4.24. The third kappa shape index (κ3) is 6.06. The number of alkyl halides is 3. The fourth-order valence-electron chi connectivity index (χ4n) is 2.54. The number of nitrogens with one attached hydrogen (secondary N) is 1. The number of aromatic nitrogens is 1. The zero-order valence-electron chi connectivity index (χ0n) is 16.1. The van der Waals surface area contributed by atoms with Crippen molar-refractivity contribution in [3.8, 4) is 11.6 Å². The molecule has 1 aromatic carbocycles. The van der Waals surface area contributed by atoms with Crippen LogP contribution in [0.1, 0.15) is 15.9 Å². The fraction of sp³-hybridized carbons (Fsp3) is 0.368. The van der Waals surface area contributed by atoms with E-state index in [0.717, 1.165) is 12.1 Å². The minimum atomic E-state index is -4.64. The van der Waals surface area contributed by atoms with Crippen LogP contribution in [0.3, 0.4) is 0 Å². The first kappa shape index (κ1) is 22.4. The van der Waals surface area contributed by atoms with Gasteiger partial charge in [-0.05, 0) is 30.3 Å². The molecule has 7 nitrogen and oxygen atoms in total. The highest BCUT2D eigenvalue weighted by atomic mass is 19.4. The molecule has 29 heavy (non-hydrogen) atoms. The number of carbonyl (C=O) groups is 1. The summed E-state index contributed by atoms with van der Waals surface area (Å²) in [5.41, 5.74) is -0.561. The summed E-state index contributed by atoms with van der Waals surface area (Å²) < 4.78 is 59.7. The molecule has 1 N–H and O–H groups in total. The highest BCUT2D eigenvalue weighted by Gasteiger charge is 2.35. The van der Waals surface area contributed by atoms with Crippen LogP contribution >= 0.6 is 0 Å². The summed E-state index contributed by atoms with van der Waals surface area (Å²) in [5, 5.41) is 3.09. The maximum atomic E-state index is 13.1. The zero-order valence-corrected chi connectivity index (χ0v) is 16.1. The highest BCUT2D eigenvalue weighted by Crippen LogP contribution is 2.37. The molecule has 0 saturated heterocycles. The molecule has 0 spiro atoms. The number of carbonyl (C=O) groups excluding carboxylic acids is 1. The summed E-state index contributed by atoms with van der Waals surface area (Å²) in [6.07, 6.45) is -3.45. The summed E-state index contributed by atoms with van der Waals surface area (Å²) in [5.74, 6) is -1.31. The van der Waals surface area contributed by atoms with Crippen molar-refractivity contribution in [3.05, 3.63) is 47.7 Å². The molecule has 2 aromatic rings. The van der Waals surface area contributed by atoms with Crippen LogP contribution in [-0.2, 0) is 20.4 Å². The Hall–Kier alpha value is -2.85. The van der Waals surface area contributed by atoms with Crippen molar-refractivity contribution in [3.63, 3.8) is 0 Å². The number of halogens is 3. The molecule has 0 aliphatic heterocycles. The Bertz CT molecular complexity index is 824. The first-order chi connectivity index (χ1) is 13.8. The van der Waals surface area contributed by atoms with Crippen LogP contribution in [0.4, 0.5) is 18.9 Å². The smallest absolute Gasteiger partial charge is 0.421 e. The van der Waals surface area contributed by atoms with E-state index in [-0.39, 0.29) is 17.4 Å². The Morgan fingerprint density at radius 1 is 1.14 bits per heavy atom. The van der Waals surface area contributed by atoms with Crippen molar-refractivity contribution in [2.24, 2.45) is 0 Å². The molecule has 0 saturated carbocycles. The lowest BCUT2D eigenvalue weighted by Gasteiger charge is -2.20. The second kappa shape index (κ2) is 10.1. The van der Waals surface area contributed by atoms with Crippen LogP contribution in [0.5, 0.6) is 11.6 Å². The molecular formula is C19H21F3N2O5. The van der Waals surface area contributed by atoms with E-state index in [2.05, 4.69) is 10.3 Å². The number of anilines is 1. The summed E-state index contributed by atoms with van der Waals surface area (Å²) in [6.45, 7) is 0.602. The van der Waals surface area contributed by atoms with E-state index >= 15 is 0 Å². The number of rotatable bonds is 9.